The van der Waals surface area contributed by atoms with E-state index in [0.717, 1.165) is 28.1 Å². The molecule has 0 fully saturated rings. The molecule has 0 aliphatic rings. The van der Waals surface area contributed by atoms with Gasteiger partial charge < -0.3 is 5.32 Å². The highest BCUT2D eigenvalue weighted by Crippen LogP contribution is 2.16. The Morgan fingerprint density at radius 2 is 1.86 bits per heavy atom. The van der Waals surface area contributed by atoms with Crippen LogP contribution < -0.4 is 10.9 Å². The van der Waals surface area contributed by atoms with Crippen LogP contribution in [-0.2, 0) is 11.3 Å². The molecule has 2 aromatic heterocycles. The monoisotopic (exact) mass is 388 g/mol. The Bertz CT molecular complexity index is 1290. The van der Waals surface area contributed by atoms with Crippen LogP contribution in [0.15, 0.2) is 53.6 Å². The first-order valence-electron chi connectivity index (χ1n) is 9.17. The number of amides is 1. The number of anilines is 1. The molecule has 4 aromatic rings. The van der Waals surface area contributed by atoms with Crippen molar-refractivity contribution in [2.45, 2.75) is 27.3 Å². The molecule has 0 aliphatic heterocycles. The molecular weight excluding hydrogens is 368 g/mol. The highest BCUT2D eigenvalue weighted by Gasteiger charge is 2.15. The Morgan fingerprint density at radius 3 is 2.66 bits per heavy atom. The van der Waals surface area contributed by atoms with Crippen LogP contribution in [0.4, 0.5) is 5.69 Å². The van der Waals surface area contributed by atoms with Gasteiger partial charge in [0, 0.05) is 5.69 Å². The fraction of sp³-hybridized carbons (Fsp3) is 0.190. The molecule has 1 amide bonds. The Labute approximate surface area is 166 Å². The molecule has 146 valence electrons. The topological polar surface area (TPSA) is 94.7 Å². The van der Waals surface area contributed by atoms with Crippen LogP contribution in [0.2, 0.25) is 0 Å². The molecule has 8 heteroatoms. The zero-order chi connectivity index (χ0) is 20.5. The van der Waals surface area contributed by atoms with E-state index >= 15 is 0 Å². The van der Waals surface area contributed by atoms with Gasteiger partial charge in [-0.3, -0.25) is 14.2 Å². The van der Waals surface area contributed by atoms with E-state index < -0.39 is 5.56 Å². The quantitative estimate of drug-likeness (QED) is 0.580. The van der Waals surface area contributed by atoms with E-state index in [-0.39, 0.29) is 18.0 Å². The van der Waals surface area contributed by atoms with Crippen molar-refractivity contribution in [3.05, 3.63) is 75.8 Å². The first-order chi connectivity index (χ1) is 13.9. The third-order valence-corrected chi connectivity index (χ3v) is 4.66. The molecule has 0 bridgehead atoms. The Balaban J connectivity index is 1.62. The van der Waals surface area contributed by atoms with Crippen LogP contribution in [0.5, 0.6) is 0 Å². The van der Waals surface area contributed by atoms with Crippen LogP contribution in [0.25, 0.3) is 16.9 Å². The summed E-state index contributed by atoms with van der Waals surface area (Å²) in [5.74, 6) is -0.312. The van der Waals surface area contributed by atoms with Gasteiger partial charge in [-0.1, -0.05) is 29.5 Å². The summed E-state index contributed by atoms with van der Waals surface area (Å²) in [6.45, 7) is 5.68. The Morgan fingerprint density at radius 1 is 1.07 bits per heavy atom. The van der Waals surface area contributed by atoms with Crippen molar-refractivity contribution in [3.8, 4) is 5.69 Å². The first-order valence-corrected chi connectivity index (χ1v) is 9.17. The number of aromatic nitrogens is 5. The lowest BCUT2D eigenvalue weighted by Gasteiger charge is -2.10. The molecule has 0 saturated carbocycles. The second-order valence-corrected chi connectivity index (χ2v) is 7.06. The number of carbonyl (C=O) groups excluding carboxylic acids is 1. The van der Waals surface area contributed by atoms with Gasteiger partial charge in [0.05, 0.1) is 5.69 Å². The van der Waals surface area contributed by atoms with Gasteiger partial charge in [0.1, 0.15) is 12.9 Å². The smallest absolute Gasteiger partial charge is 0.284 e. The summed E-state index contributed by atoms with van der Waals surface area (Å²) in [7, 11) is 0. The lowest BCUT2D eigenvalue weighted by Crippen LogP contribution is -2.28. The van der Waals surface area contributed by atoms with E-state index in [1.807, 2.05) is 63.2 Å². The van der Waals surface area contributed by atoms with Gasteiger partial charge >= 0.3 is 0 Å². The number of fused-ring (bicyclic) bond motifs is 1. The molecule has 0 aliphatic carbocycles. The number of hydrogen-bond acceptors (Lipinski definition) is 5. The van der Waals surface area contributed by atoms with Crippen LogP contribution in [0, 0.1) is 20.8 Å². The van der Waals surface area contributed by atoms with Gasteiger partial charge in [0.2, 0.25) is 5.91 Å². The van der Waals surface area contributed by atoms with Gasteiger partial charge in [0.15, 0.2) is 11.2 Å². The van der Waals surface area contributed by atoms with E-state index in [9.17, 15) is 9.59 Å². The van der Waals surface area contributed by atoms with E-state index in [2.05, 4.69) is 20.6 Å². The van der Waals surface area contributed by atoms with Crippen LogP contribution >= 0.6 is 0 Å². The molecule has 29 heavy (non-hydrogen) atoms. The standard InChI is InChI=1S/C21H20N6O2/c1-13-5-4-6-16(9-13)27-20-19(24-25-27)21(29)26(12-22-20)11-18(28)23-17-10-14(2)7-8-15(17)3/h4-10,12H,11H2,1-3H3,(H,23,28). The van der Waals surface area contributed by atoms with E-state index in [1.165, 1.54) is 15.6 Å². The lowest BCUT2D eigenvalue weighted by atomic mass is 10.1. The summed E-state index contributed by atoms with van der Waals surface area (Å²) in [6.07, 6.45) is 1.35. The minimum Gasteiger partial charge on any atom is -0.324 e. The maximum atomic E-state index is 12.8. The van der Waals surface area contributed by atoms with Gasteiger partial charge in [0.25, 0.3) is 5.56 Å². The van der Waals surface area contributed by atoms with Crippen LogP contribution in [0.3, 0.4) is 0 Å². The zero-order valence-electron chi connectivity index (χ0n) is 16.4. The normalized spacial score (nSPS) is 11.0. The lowest BCUT2D eigenvalue weighted by molar-refractivity contribution is -0.116. The summed E-state index contributed by atoms with van der Waals surface area (Å²) >= 11 is 0. The minimum atomic E-state index is -0.412. The summed E-state index contributed by atoms with van der Waals surface area (Å²) in [6, 6.07) is 13.5. The third-order valence-electron chi connectivity index (χ3n) is 4.66. The molecule has 1 N–H and O–H groups in total. The minimum absolute atomic E-state index is 0.119. The highest BCUT2D eigenvalue weighted by atomic mass is 16.2. The third kappa shape index (κ3) is 3.64. The molecule has 0 spiro atoms. The van der Waals surface area contributed by atoms with Crippen molar-refractivity contribution < 1.29 is 4.79 Å². The molecule has 8 nitrogen and oxygen atoms in total. The van der Waals surface area contributed by atoms with Crippen molar-refractivity contribution in [2.75, 3.05) is 5.32 Å². The van der Waals surface area contributed by atoms with Crippen LogP contribution in [0.1, 0.15) is 16.7 Å². The molecular formula is C21H20N6O2. The van der Waals surface area contributed by atoms with Gasteiger partial charge in [-0.25, -0.2) is 4.98 Å². The largest absolute Gasteiger partial charge is 0.324 e. The fourth-order valence-electron chi connectivity index (χ4n) is 3.11. The highest BCUT2D eigenvalue weighted by molar-refractivity contribution is 5.91. The number of carbonyl (C=O) groups is 1. The zero-order valence-corrected chi connectivity index (χ0v) is 16.4. The molecule has 0 unspecified atom stereocenters. The maximum absolute atomic E-state index is 12.8. The molecule has 2 heterocycles. The first kappa shape index (κ1) is 18.5. The van der Waals surface area contributed by atoms with Gasteiger partial charge in [-0.15, -0.1) is 5.10 Å². The average Bonchev–Trinajstić information content (AvgIpc) is 3.12. The fourth-order valence-corrected chi connectivity index (χ4v) is 3.11. The summed E-state index contributed by atoms with van der Waals surface area (Å²) in [5, 5.41) is 10.9. The average molecular weight is 388 g/mol. The molecule has 2 aromatic carbocycles. The van der Waals surface area contributed by atoms with Crippen molar-refractivity contribution in [3.63, 3.8) is 0 Å². The van der Waals surface area contributed by atoms with E-state index in [4.69, 9.17) is 0 Å². The molecule has 4 rings (SSSR count). The maximum Gasteiger partial charge on any atom is 0.284 e. The SMILES string of the molecule is Cc1cccc(-n2nnc3c(=O)n(CC(=O)Nc4cc(C)ccc4C)cnc32)c1. The van der Waals surface area contributed by atoms with Crippen molar-refractivity contribution in [1.82, 2.24) is 24.5 Å². The second kappa shape index (κ2) is 7.31. The van der Waals surface area contributed by atoms with Gasteiger partial charge in [-0.05, 0) is 55.7 Å². The Hall–Kier alpha value is -3.81. The van der Waals surface area contributed by atoms with Crippen molar-refractivity contribution in [2.24, 2.45) is 0 Å². The second-order valence-electron chi connectivity index (χ2n) is 7.06. The number of nitrogens with one attached hydrogen (secondary N) is 1. The number of aryl methyl sites for hydroxylation is 3. The number of benzene rings is 2. The predicted molar refractivity (Wildman–Crippen MR) is 110 cm³/mol. The number of rotatable bonds is 4. The number of hydrogen-bond donors (Lipinski definition) is 1. The van der Waals surface area contributed by atoms with Gasteiger partial charge in [-0.2, -0.15) is 4.68 Å². The van der Waals surface area contributed by atoms with E-state index in [0.29, 0.717) is 5.65 Å². The van der Waals surface area contributed by atoms with E-state index in [1.54, 1.807) is 0 Å². The molecule has 0 saturated heterocycles. The molecule has 0 atom stereocenters. The van der Waals surface area contributed by atoms with Crippen LogP contribution in [-0.4, -0.2) is 30.5 Å². The Kier molecular flexibility index (Phi) is 4.67. The summed E-state index contributed by atoms with van der Waals surface area (Å²) in [5.41, 5.74) is 4.60. The summed E-state index contributed by atoms with van der Waals surface area (Å²) in [4.78, 5) is 29.6. The number of nitrogens with zero attached hydrogens (tertiary/aromatic N) is 5. The summed E-state index contributed by atoms with van der Waals surface area (Å²) < 4.78 is 2.75. The van der Waals surface area contributed by atoms with Crippen molar-refractivity contribution in [1.29, 1.82) is 0 Å². The van der Waals surface area contributed by atoms with Crippen molar-refractivity contribution >= 4 is 22.8 Å². The predicted octanol–water partition coefficient (Wildman–Crippen LogP) is 2.54. The molecule has 0 radical (unpaired) electrons.